The van der Waals surface area contributed by atoms with Gasteiger partial charge in [-0.3, -0.25) is 0 Å². The van der Waals surface area contributed by atoms with Crippen molar-refractivity contribution in [3.05, 3.63) is 36.0 Å². The molecule has 16 heavy (non-hydrogen) atoms. The number of benzene rings is 1. The second kappa shape index (κ2) is 5.95. The summed E-state index contributed by atoms with van der Waals surface area (Å²) in [4.78, 5) is 13.6. The van der Waals surface area contributed by atoms with Gasteiger partial charge in [-0.25, -0.2) is 0 Å². The molecule has 0 unspecified atom stereocenters. The minimum Gasteiger partial charge on any atom is -0.548 e. The van der Waals surface area contributed by atoms with E-state index in [2.05, 4.69) is 4.98 Å². The van der Waals surface area contributed by atoms with Gasteiger partial charge in [-0.2, -0.15) is 0 Å². The third-order valence-corrected chi connectivity index (χ3v) is 2.42. The van der Waals surface area contributed by atoms with Crippen LogP contribution in [0.1, 0.15) is 5.56 Å². The summed E-state index contributed by atoms with van der Waals surface area (Å²) in [5.74, 6) is -1.22. The summed E-state index contributed by atoms with van der Waals surface area (Å²) in [6.07, 6.45) is 2.07. The van der Waals surface area contributed by atoms with Crippen LogP contribution in [0.15, 0.2) is 30.5 Å². The number of aliphatic carboxylic acids is 1. The topological polar surface area (TPSA) is 81.9 Å². The van der Waals surface area contributed by atoms with E-state index in [-0.39, 0.29) is 57.8 Å². The second-order valence-electron chi connectivity index (χ2n) is 3.49. The fourth-order valence-electron chi connectivity index (χ4n) is 1.62. The molecule has 1 heterocycles. The molecule has 0 radical (unpaired) electrons. The smallest absolute Gasteiger partial charge is 0.548 e. The molecule has 0 fully saturated rings. The van der Waals surface area contributed by atoms with Crippen LogP contribution < -0.4 is 62.2 Å². The number of hydrogen-bond acceptors (Lipinski definition) is 3. The Hall–Kier alpha value is -0.174. The summed E-state index contributed by atoms with van der Waals surface area (Å²) in [6, 6.07) is 6.74. The summed E-state index contributed by atoms with van der Waals surface area (Å²) in [6.45, 7) is 0. The normalized spacial score (nSPS) is 12.1. The molecule has 3 N–H and O–H groups in total. The molecule has 1 atom stereocenters. The molecule has 0 aliphatic heterocycles. The minimum atomic E-state index is -1.22. The fraction of sp³-hybridized carbons (Fsp3) is 0.182. The third-order valence-electron chi connectivity index (χ3n) is 2.42. The van der Waals surface area contributed by atoms with Crippen LogP contribution >= 0.6 is 0 Å². The average Bonchev–Trinajstić information content (AvgIpc) is 2.62. The quantitative estimate of drug-likeness (QED) is 0.556. The van der Waals surface area contributed by atoms with E-state index in [1.54, 1.807) is 6.20 Å². The van der Waals surface area contributed by atoms with E-state index < -0.39 is 12.0 Å². The number of carboxylic acids is 1. The number of aromatic nitrogens is 1. The van der Waals surface area contributed by atoms with Gasteiger partial charge in [0.2, 0.25) is 0 Å². The molecule has 1 aromatic carbocycles. The van der Waals surface area contributed by atoms with Crippen LogP contribution in [0.2, 0.25) is 0 Å². The standard InChI is InChI=1S/C11H12N2O2.K/c12-9(11(14)15)5-7-6-13-10-4-2-1-3-8(7)10;/h1-4,6,9,13H,5,12H2,(H,14,15);/q;+1/p-1/t9-;/m0./s1. The van der Waals surface area contributed by atoms with E-state index in [9.17, 15) is 9.90 Å². The van der Waals surface area contributed by atoms with Crippen molar-refractivity contribution in [3.63, 3.8) is 0 Å². The van der Waals surface area contributed by atoms with Gasteiger partial charge >= 0.3 is 51.4 Å². The summed E-state index contributed by atoms with van der Waals surface area (Å²) >= 11 is 0. The number of carbonyl (C=O) groups is 1. The van der Waals surface area contributed by atoms with Gasteiger partial charge in [0.25, 0.3) is 0 Å². The number of para-hydroxylation sites is 1. The van der Waals surface area contributed by atoms with Gasteiger partial charge < -0.3 is 20.6 Å². The molecule has 0 amide bonds. The van der Waals surface area contributed by atoms with Crippen molar-refractivity contribution in [2.45, 2.75) is 12.5 Å². The Bertz CT molecular complexity index is 495. The number of carboxylic acid groups (broad SMARTS) is 1. The Balaban J connectivity index is 0.00000128. The molecule has 0 saturated carbocycles. The summed E-state index contributed by atoms with van der Waals surface area (Å²) in [5, 5.41) is 11.5. The van der Waals surface area contributed by atoms with E-state index in [0.717, 1.165) is 16.5 Å². The summed E-state index contributed by atoms with van der Waals surface area (Å²) in [5.41, 5.74) is 7.31. The predicted octanol–water partition coefficient (Wildman–Crippen LogP) is -3.21. The first-order valence-corrected chi connectivity index (χ1v) is 4.70. The van der Waals surface area contributed by atoms with Gasteiger partial charge in [0.05, 0.1) is 5.97 Å². The first kappa shape index (κ1) is 13.9. The molecule has 0 aliphatic rings. The zero-order valence-corrected chi connectivity index (χ0v) is 12.2. The first-order valence-electron chi connectivity index (χ1n) is 4.70. The van der Waals surface area contributed by atoms with Crippen molar-refractivity contribution in [1.29, 1.82) is 0 Å². The SMILES string of the molecule is N[C@@H](Cc1c[nH]c2ccccc12)C(=O)[O-].[K+]. The van der Waals surface area contributed by atoms with Crippen molar-refractivity contribution in [2.75, 3.05) is 0 Å². The molecule has 1 aromatic heterocycles. The van der Waals surface area contributed by atoms with Gasteiger partial charge in [-0.15, -0.1) is 0 Å². The molecule has 0 aliphatic carbocycles. The number of H-pyrrole nitrogens is 1. The van der Waals surface area contributed by atoms with Gasteiger partial charge in [0.1, 0.15) is 0 Å². The van der Waals surface area contributed by atoms with E-state index in [1.165, 1.54) is 0 Å². The maximum Gasteiger partial charge on any atom is 1.00 e. The largest absolute Gasteiger partial charge is 1.00 e. The Morgan fingerprint density at radius 1 is 1.44 bits per heavy atom. The average molecular weight is 242 g/mol. The molecular formula is C11H11KN2O2. The van der Waals surface area contributed by atoms with Crippen LogP contribution in [0.5, 0.6) is 0 Å². The van der Waals surface area contributed by atoms with Gasteiger partial charge in [0.15, 0.2) is 0 Å². The van der Waals surface area contributed by atoms with Crippen LogP contribution in [0.4, 0.5) is 0 Å². The van der Waals surface area contributed by atoms with Crippen LogP contribution in [0, 0.1) is 0 Å². The number of rotatable bonds is 3. The summed E-state index contributed by atoms with van der Waals surface area (Å²) < 4.78 is 0. The van der Waals surface area contributed by atoms with E-state index in [1.807, 2.05) is 24.3 Å². The molecule has 0 saturated heterocycles. The van der Waals surface area contributed by atoms with Crippen LogP contribution in [0.25, 0.3) is 10.9 Å². The third kappa shape index (κ3) is 2.94. The maximum absolute atomic E-state index is 10.5. The first-order chi connectivity index (χ1) is 7.18. The summed E-state index contributed by atoms with van der Waals surface area (Å²) in [7, 11) is 0. The van der Waals surface area contributed by atoms with Gasteiger partial charge in [-0.1, -0.05) is 18.2 Å². The second-order valence-corrected chi connectivity index (χ2v) is 3.49. The minimum absolute atomic E-state index is 0. The Morgan fingerprint density at radius 2 is 2.12 bits per heavy atom. The molecule has 0 bridgehead atoms. The maximum atomic E-state index is 10.5. The molecule has 5 heteroatoms. The number of carbonyl (C=O) groups excluding carboxylic acids is 1. The zero-order valence-electron chi connectivity index (χ0n) is 9.07. The number of hydrogen-bond donors (Lipinski definition) is 2. The van der Waals surface area contributed by atoms with E-state index in [0.29, 0.717) is 0 Å². The van der Waals surface area contributed by atoms with Crippen LogP contribution in [0.3, 0.4) is 0 Å². The predicted molar refractivity (Wildman–Crippen MR) is 55.0 cm³/mol. The molecule has 2 aromatic rings. The monoisotopic (exact) mass is 242 g/mol. The van der Waals surface area contributed by atoms with E-state index in [4.69, 9.17) is 5.73 Å². The van der Waals surface area contributed by atoms with E-state index >= 15 is 0 Å². The number of nitrogens with two attached hydrogens (primary N) is 1. The van der Waals surface area contributed by atoms with Crippen molar-refractivity contribution in [2.24, 2.45) is 5.73 Å². The fourth-order valence-corrected chi connectivity index (χ4v) is 1.62. The molecule has 0 spiro atoms. The molecule has 78 valence electrons. The van der Waals surface area contributed by atoms with Crippen molar-refractivity contribution < 1.29 is 61.3 Å². The zero-order chi connectivity index (χ0) is 10.8. The Morgan fingerprint density at radius 3 is 2.81 bits per heavy atom. The molecular weight excluding hydrogens is 231 g/mol. The van der Waals surface area contributed by atoms with Crippen LogP contribution in [-0.4, -0.2) is 17.0 Å². The number of aromatic amines is 1. The number of nitrogens with one attached hydrogen (secondary N) is 1. The van der Waals surface area contributed by atoms with Crippen LogP contribution in [-0.2, 0) is 11.2 Å². The van der Waals surface area contributed by atoms with Gasteiger partial charge in [-0.05, 0) is 18.1 Å². The Labute approximate surface area is 136 Å². The molecule has 2 rings (SSSR count). The Kier molecular flexibility index (Phi) is 5.16. The molecule has 4 nitrogen and oxygen atoms in total. The van der Waals surface area contributed by atoms with Crippen molar-refractivity contribution in [3.8, 4) is 0 Å². The number of fused-ring (bicyclic) bond motifs is 1. The van der Waals surface area contributed by atoms with Crippen molar-refractivity contribution >= 4 is 16.9 Å². The van der Waals surface area contributed by atoms with Crippen molar-refractivity contribution in [1.82, 2.24) is 4.98 Å². The van der Waals surface area contributed by atoms with Gasteiger partial charge in [0, 0.05) is 23.1 Å².